The second-order valence-electron chi connectivity index (χ2n) is 6.82. The highest BCUT2D eigenvalue weighted by molar-refractivity contribution is 6.31. The van der Waals surface area contributed by atoms with Crippen LogP contribution in [-0.4, -0.2) is 56.6 Å². The SMILES string of the molecule is Cc1cc([N+](=O)[O-])nn1C(C)C(=O)N1CCN(Cc2c(F)cccc2Cl)CC1. The van der Waals surface area contributed by atoms with Crippen molar-refractivity contribution >= 4 is 23.3 Å². The predicted octanol–water partition coefficient (Wildman–Crippen LogP) is 2.80. The maximum Gasteiger partial charge on any atom is 0.390 e. The Labute approximate surface area is 166 Å². The number of piperazine rings is 1. The Balaban J connectivity index is 1.61. The number of aromatic nitrogens is 2. The summed E-state index contributed by atoms with van der Waals surface area (Å²) in [5.41, 5.74) is 1.01. The Hall–Kier alpha value is -2.52. The fourth-order valence-corrected chi connectivity index (χ4v) is 3.58. The van der Waals surface area contributed by atoms with Gasteiger partial charge in [-0.1, -0.05) is 17.7 Å². The first-order valence-electron chi connectivity index (χ1n) is 8.92. The molecule has 2 heterocycles. The second kappa shape index (κ2) is 8.24. The van der Waals surface area contributed by atoms with E-state index >= 15 is 0 Å². The molecule has 0 bridgehead atoms. The molecule has 1 amide bonds. The molecule has 8 nitrogen and oxygen atoms in total. The lowest BCUT2D eigenvalue weighted by Crippen LogP contribution is -2.50. The molecule has 0 N–H and O–H groups in total. The van der Waals surface area contributed by atoms with E-state index in [1.807, 2.05) is 4.90 Å². The molecule has 3 rings (SSSR count). The van der Waals surface area contributed by atoms with Crippen molar-refractivity contribution in [2.24, 2.45) is 0 Å². The quantitative estimate of drug-likeness (QED) is 0.560. The number of hydrogen-bond acceptors (Lipinski definition) is 5. The third kappa shape index (κ3) is 4.15. The maximum atomic E-state index is 14.0. The van der Waals surface area contributed by atoms with Crippen molar-refractivity contribution in [1.82, 2.24) is 19.6 Å². The Morgan fingerprint density at radius 3 is 2.61 bits per heavy atom. The molecule has 2 aromatic rings. The van der Waals surface area contributed by atoms with Gasteiger partial charge in [0.1, 0.15) is 11.9 Å². The van der Waals surface area contributed by atoms with Crippen LogP contribution in [0.5, 0.6) is 0 Å². The van der Waals surface area contributed by atoms with Crippen molar-refractivity contribution in [2.75, 3.05) is 26.2 Å². The number of aryl methyl sites for hydroxylation is 1. The van der Waals surface area contributed by atoms with Crippen LogP contribution >= 0.6 is 11.6 Å². The van der Waals surface area contributed by atoms with Gasteiger partial charge in [0.05, 0.1) is 16.9 Å². The van der Waals surface area contributed by atoms with Gasteiger partial charge >= 0.3 is 5.82 Å². The smallest absolute Gasteiger partial charge is 0.358 e. The summed E-state index contributed by atoms with van der Waals surface area (Å²) < 4.78 is 15.3. The lowest BCUT2D eigenvalue weighted by molar-refractivity contribution is -0.389. The highest BCUT2D eigenvalue weighted by Gasteiger charge is 2.30. The van der Waals surface area contributed by atoms with Crippen molar-refractivity contribution in [3.05, 3.63) is 56.5 Å². The minimum absolute atomic E-state index is 0.148. The lowest BCUT2D eigenvalue weighted by atomic mass is 10.1. The van der Waals surface area contributed by atoms with Crippen LogP contribution in [0.2, 0.25) is 5.02 Å². The van der Waals surface area contributed by atoms with E-state index in [2.05, 4.69) is 5.10 Å². The van der Waals surface area contributed by atoms with Crippen LogP contribution in [0.25, 0.3) is 0 Å². The molecule has 1 unspecified atom stereocenters. The van der Waals surface area contributed by atoms with Gasteiger partial charge in [-0.3, -0.25) is 9.69 Å². The van der Waals surface area contributed by atoms with Gasteiger partial charge in [-0.15, -0.1) is 0 Å². The zero-order valence-corrected chi connectivity index (χ0v) is 16.4. The van der Waals surface area contributed by atoms with Gasteiger partial charge in [-0.25, -0.2) is 4.39 Å². The summed E-state index contributed by atoms with van der Waals surface area (Å²) in [6.07, 6.45) is 0. The molecular formula is C18H21ClFN5O3. The van der Waals surface area contributed by atoms with Crippen LogP contribution < -0.4 is 0 Å². The number of nitro groups is 1. The van der Waals surface area contributed by atoms with Crippen LogP contribution in [-0.2, 0) is 11.3 Å². The topological polar surface area (TPSA) is 84.5 Å². The lowest BCUT2D eigenvalue weighted by Gasteiger charge is -2.35. The van der Waals surface area contributed by atoms with E-state index in [0.717, 1.165) is 0 Å². The summed E-state index contributed by atoms with van der Waals surface area (Å²) in [4.78, 5) is 26.9. The molecule has 1 aliphatic heterocycles. The molecule has 150 valence electrons. The van der Waals surface area contributed by atoms with Crippen molar-refractivity contribution in [3.8, 4) is 0 Å². The van der Waals surface area contributed by atoms with Gasteiger partial charge in [0, 0.05) is 43.3 Å². The molecule has 28 heavy (non-hydrogen) atoms. The van der Waals surface area contributed by atoms with Crippen LogP contribution in [0.3, 0.4) is 0 Å². The predicted molar refractivity (Wildman–Crippen MR) is 102 cm³/mol. The Bertz CT molecular complexity index is 875. The first-order chi connectivity index (χ1) is 13.3. The van der Waals surface area contributed by atoms with Crippen molar-refractivity contribution in [2.45, 2.75) is 26.4 Å². The number of rotatable bonds is 5. The van der Waals surface area contributed by atoms with E-state index in [1.165, 1.54) is 16.8 Å². The molecule has 0 saturated carbocycles. The minimum atomic E-state index is -0.638. The fraction of sp³-hybridized carbons (Fsp3) is 0.444. The zero-order valence-electron chi connectivity index (χ0n) is 15.6. The van der Waals surface area contributed by atoms with E-state index in [0.29, 0.717) is 49.0 Å². The molecule has 0 aliphatic carbocycles. The third-order valence-corrected chi connectivity index (χ3v) is 5.30. The average Bonchev–Trinajstić information content (AvgIpc) is 3.06. The number of halogens is 2. The summed E-state index contributed by atoms with van der Waals surface area (Å²) in [7, 11) is 0. The minimum Gasteiger partial charge on any atom is -0.358 e. The summed E-state index contributed by atoms with van der Waals surface area (Å²) >= 11 is 6.09. The summed E-state index contributed by atoms with van der Waals surface area (Å²) in [6.45, 7) is 5.88. The largest absolute Gasteiger partial charge is 0.390 e. The second-order valence-corrected chi connectivity index (χ2v) is 7.23. The Morgan fingerprint density at radius 2 is 2.04 bits per heavy atom. The number of amides is 1. The van der Waals surface area contributed by atoms with E-state index in [-0.39, 0.29) is 17.5 Å². The van der Waals surface area contributed by atoms with E-state index in [4.69, 9.17) is 11.6 Å². The molecule has 0 radical (unpaired) electrons. The molecule has 10 heteroatoms. The van der Waals surface area contributed by atoms with Crippen LogP contribution in [0.4, 0.5) is 10.2 Å². The first kappa shape index (κ1) is 20.2. The monoisotopic (exact) mass is 409 g/mol. The Kier molecular flexibility index (Phi) is 5.95. The van der Waals surface area contributed by atoms with Gasteiger partial charge in [0.15, 0.2) is 0 Å². The van der Waals surface area contributed by atoms with Crippen LogP contribution in [0, 0.1) is 22.9 Å². The standard InChI is InChI=1S/C18H21ClFN5O3/c1-12-10-17(25(27)28)21-24(12)13(2)18(26)23-8-6-22(7-9-23)11-14-15(19)4-3-5-16(14)20/h3-5,10,13H,6-9,11H2,1-2H3. The molecular weight excluding hydrogens is 389 g/mol. The van der Waals surface area contributed by atoms with Gasteiger partial charge in [-0.05, 0) is 30.9 Å². The maximum absolute atomic E-state index is 14.0. The molecule has 1 aromatic heterocycles. The molecule has 1 atom stereocenters. The number of nitrogens with zero attached hydrogens (tertiary/aromatic N) is 5. The van der Waals surface area contributed by atoms with Gasteiger partial charge < -0.3 is 15.0 Å². The summed E-state index contributed by atoms with van der Waals surface area (Å²) in [6, 6.07) is 5.32. The van der Waals surface area contributed by atoms with Crippen molar-refractivity contribution < 1.29 is 14.1 Å². The van der Waals surface area contributed by atoms with E-state index in [1.54, 1.807) is 30.9 Å². The fourth-order valence-electron chi connectivity index (χ4n) is 3.35. The molecule has 0 spiro atoms. The number of hydrogen-bond donors (Lipinski definition) is 0. The average molecular weight is 410 g/mol. The summed E-state index contributed by atoms with van der Waals surface area (Å²) in [5.74, 6) is -0.760. The first-order valence-corrected chi connectivity index (χ1v) is 9.30. The van der Waals surface area contributed by atoms with Gasteiger partial charge in [-0.2, -0.15) is 4.68 Å². The van der Waals surface area contributed by atoms with Crippen molar-refractivity contribution in [3.63, 3.8) is 0 Å². The molecule has 1 saturated heterocycles. The summed E-state index contributed by atoms with van der Waals surface area (Å²) in [5, 5.41) is 15.2. The molecule has 1 fully saturated rings. The zero-order chi connectivity index (χ0) is 20.4. The number of carbonyl (C=O) groups excluding carboxylic acids is 1. The molecule has 1 aliphatic rings. The number of benzene rings is 1. The van der Waals surface area contributed by atoms with Crippen molar-refractivity contribution in [1.29, 1.82) is 0 Å². The molecule has 1 aromatic carbocycles. The van der Waals surface area contributed by atoms with Crippen LogP contribution in [0.1, 0.15) is 24.2 Å². The van der Waals surface area contributed by atoms with Gasteiger partial charge in [0.25, 0.3) is 0 Å². The van der Waals surface area contributed by atoms with E-state index in [9.17, 15) is 19.3 Å². The number of carbonyl (C=O) groups is 1. The third-order valence-electron chi connectivity index (χ3n) is 4.95. The van der Waals surface area contributed by atoms with E-state index < -0.39 is 11.0 Å². The highest BCUT2D eigenvalue weighted by Crippen LogP contribution is 2.22. The van der Waals surface area contributed by atoms with Gasteiger partial charge in [0.2, 0.25) is 5.91 Å². The van der Waals surface area contributed by atoms with Crippen LogP contribution in [0.15, 0.2) is 24.3 Å². The highest BCUT2D eigenvalue weighted by atomic mass is 35.5. The normalized spacial score (nSPS) is 16.2. The Morgan fingerprint density at radius 1 is 1.36 bits per heavy atom.